The van der Waals surface area contributed by atoms with Gasteiger partial charge in [-0.3, -0.25) is 4.79 Å². The molecule has 0 atom stereocenters. The van der Waals surface area contributed by atoms with Gasteiger partial charge in [0.2, 0.25) is 0 Å². The molecule has 5 heteroatoms. The molecule has 0 unspecified atom stereocenters. The maximum Gasteiger partial charge on any atom is 0.604 e. The Balaban J connectivity index is 3.09. The molecule has 0 aliphatic heterocycles. The number of hydrogen-bond acceptors (Lipinski definition) is 4. The van der Waals surface area contributed by atoms with E-state index in [-0.39, 0.29) is 5.97 Å². The van der Waals surface area contributed by atoms with Crippen molar-refractivity contribution >= 4 is 20.0 Å². The van der Waals surface area contributed by atoms with Gasteiger partial charge in [-0.1, -0.05) is 30.3 Å². The van der Waals surface area contributed by atoms with Gasteiger partial charge in [-0.05, 0) is 13.8 Å². The molecular formula is C12H18O4Si. The van der Waals surface area contributed by atoms with Gasteiger partial charge < -0.3 is 13.3 Å². The summed E-state index contributed by atoms with van der Waals surface area (Å²) >= 11 is 0. The van der Waals surface area contributed by atoms with Crippen molar-refractivity contribution < 1.29 is 18.1 Å². The van der Waals surface area contributed by atoms with Gasteiger partial charge in [0.15, 0.2) is 0 Å². The topological polar surface area (TPSA) is 44.8 Å². The molecule has 0 N–H and O–H groups in total. The molecule has 0 saturated heterocycles. The highest BCUT2D eigenvalue weighted by molar-refractivity contribution is 6.76. The third-order valence-electron chi connectivity index (χ3n) is 2.07. The number of carbonyl (C=O) groups is 1. The van der Waals surface area contributed by atoms with E-state index >= 15 is 0 Å². The van der Waals surface area contributed by atoms with Gasteiger partial charge >= 0.3 is 8.80 Å². The average molecular weight is 254 g/mol. The van der Waals surface area contributed by atoms with Crippen LogP contribution in [-0.2, 0) is 18.1 Å². The van der Waals surface area contributed by atoms with Gasteiger partial charge in [0.1, 0.15) is 0 Å². The van der Waals surface area contributed by atoms with Crippen molar-refractivity contribution in [2.75, 3.05) is 13.2 Å². The first-order valence-corrected chi connectivity index (χ1v) is 7.40. The van der Waals surface area contributed by atoms with Crippen molar-refractivity contribution in [1.82, 2.24) is 0 Å². The first kappa shape index (κ1) is 13.9. The largest absolute Gasteiger partial charge is 0.604 e. The summed E-state index contributed by atoms with van der Waals surface area (Å²) in [4.78, 5) is 11.2. The van der Waals surface area contributed by atoms with Gasteiger partial charge in [-0.2, -0.15) is 0 Å². The fraction of sp³-hybridized carbons (Fsp3) is 0.417. The van der Waals surface area contributed by atoms with Crippen molar-refractivity contribution in [3.05, 3.63) is 30.3 Å². The van der Waals surface area contributed by atoms with E-state index < -0.39 is 8.80 Å². The summed E-state index contributed by atoms with van der Waals surface area (Å²) in [5.74, 6) is -0.387. The third-order valence-corrected chi connectivity index (χ3v) is 5.01. The molecular weight excluding hydrogens is 236 g/mol. The van der Waals surface area contributed by atoms with Gasteiger partial charge in [0, 0.05) is 25.3 Å². The summed E-state index contributed by atoms with van der Waals surface area (Å²) in [6.45, 7) is 5.95. The molecule has 0 fully saturated rings. The molecule has 0 aromatic heterocycles. The van der Waals surface area contributed by atoms with Crippen LogP contribution in [0.1, 0.15) is 20.8 Å². The van der Waals surface area contributed by atoms with Crippen LogP contribution in [0.15, 0.2) is 30.3 Å². The lowest BCUT2D eigenvalue weighted by atomic mass is 10.4. The molecule has 17 heavy (non-hydrogen) atoms. The summed E-state index contributed by atoms with van der Waals surface area (Å²) in [6.07, 6.45) is 0. The minimum absolute atomic E-state index is 0.387. The van der Waals surface area contributed by atoms with Crippen LogP contribution in [0, 0.1) is 0 Å². The van der Waals surface area contributed by atoms with Crippen LogP contribution in [-0.4, -0.2) is 28.0 Å². The van der Waals surface area contributed by atoms with Crippen LogP contribution < -0.4 is 5.19 Å². The van der Waals surface area contributed by atoms with E-state index in [1.165, 1.54) is 6.92 Å². The van der Waals surface area contributed by atoms with Gasteiger partial charge in [-0.15, -0.1) is 0 Å². The fourth-order valence-corrected chi connectivity index (χ4v) is 3.93. The molecule has 0 spiro atoms. The Bertz CT molecular complexity index is 347. The molecule has 0 aliphatic rings. The summed E-state index contributed by atoms with van der Waals surface area (Å²) in [7, 11) is -3.08. The molecule has 0 radical (unpaired) electrons. The number of rotatable bonds is 6. The maximum atomic E-state index is 11.2. The van der Waals surface area contributed by atoms with Crippen LogP contribution in [0.4, 0.5) is 0 Å². The van der Waals surface area contributed by atoms with E-state index in [0.29, 0.717) is 13.2 Å². The summed E-state index contributed by atoms with van der Waals surface area (Å²) in [6, 6.07) is 9.37. The molecule has 0 aliphatic carbocycles. The highest BCUT2D eigenvalue weighted by atomic mass is 28.4. The quantitative estimate of drug-likeness (QED) is 0.721. The van der Waals surface area contributed by atoms with Crippen LogP contribution in [0.2, 0.25) is 0 Å². The first-order chi connectivity index (χ1) is 8.14. The number of benzene rings is 1. The molecule has 1 rings (SSSR count). The van der Waals surface area contributed by atoms with Gasteiger partial charge in [-0.25, -0.2) is 0 Å². The Morgan fingerprint density at radius 3 is 2.06 bits per heavy atom. The molecule has 0 bridgehead atoms. The maximum absolute atomic E-state index is 11.2. The minimum atomic E-state index is -3.08. The van der Waals surface area contributed by atoms with Gasteiger partial charge in [0.25, 0.3) is 5.97 Å². The SMILES string of the molecule is CCO[Si](OCC)(OC(C)=O)c1ccccc1. The van der Waals surface area contributed by atoms with Crippen LogP contribution in [0.25, 0.3) is 0 Å². The number of hydrogen-bond donors (Lipinski definition) is 0. The van der Waals surface area contributed by atoms with E-state index in [0.717, 1.165) is 5.19 Å². The van der Waals surface area contributed by atoms with E-state index in [1.54, 1.807) is 0 Å². The highest BCUT2D eigenvalue weighted by Crippen LogP contribution is 2.11. The highest BCUT2D eigenvalue weighted by Gasteiger charge is 2.46. The molecule has 0 saturated carbocycles. The zero-order chi connectivity index (χ0) is 12.7. The van der Waals surface area contributed by atoms with Crippen LogP contribution >= 0.6 is 0 Å². The summed E-state index contributed by atoms with van der Waals surface area (Å²) < 4.78 is 16.6. The van der Waals surface area contributed by atoms with Crippen LogP contribution in [0.5, 0.6) is 0 Å². The standard InChI is InChI=1S/C12H18O4Si/c1-4-14-17(15-5-2,16-11(3)13)12-9-7-6-8-10-12/h6-10H,4-5H2,1-3H3. The van der Waals surface area contributed by atoms with Crippen molar-refractivity contribution in [2.24, 2.45) is 0 Å². The molecule has 0 amide bonds. The van der Waals surface area contributed by atoms with E-state index in [1.807, 2.05) is 44.2 Å². The Hall–Kier alpha value is -1.17. The lowest BCUT2D eigenvalue weighted by molar-refractivity contribution is -0.136. The Morgan fingerprint density at radius 2 is 1.65 bits per heavy atom. The second-order valence-electron chi connectivity index (χ2n) is 3.38. The van der Waals surface area contributed by atoms with E-state index in [9.17, 15) is 4.79 Å². The Labute approximate surface area is 103 Å². The normalized spacial score (nSPS) is 11.2. The van der Waals surface area contributed by atoms with Crippen molar-refractivity contribution in [3.8, 4) is 0 Å². The minimum Gasteiger partial charge on any atom is -0.470 e. The fourth-order valence-electron chi connectivity index (χ4n) is 1.54. The second-order valence-corrected chi connectivity index (χ2v) is 5.85. The van der Waals surface area contributed by atoms with Crippen molar-refractivity contribution in [1.29, 1.82) is 0 Å². The molecule has 4 nitrogen and oxygen atoms in total. The molecule has 0 heterocycles. The Morgan fingerprint density at radius 1 is 1.12 bits per heavy atom. The smallest absolute Gasteiger partial charge is 0.470 e. The third kappa shape index (κ3) is 3.66. The van der Waals surface area contributed by atoms with Crippen molar-refractivity contribution in [3.63, 3.8) is 0 Å². The first-order valence-electron chi connectivity index (χ1n) is 5.67. The second kappa shape index (κ2) is 6.54. The predicted molar refractivity (Wildman–Crippen MR) is 66.8 cm³/mol. The zero-order valence-corrected chi connectivity index (χ0v) is 11.4. The average Bonchev–Trinajstić information content (AvgIpc) is 2.30. The lowest BCUT2D eigenvalue weighted by Gasteiger charge is -2.27. The summed E-state index contributed by atoms with van der Waals surface area (Å²) in [5, 5.41) is 0.805. The van der Waals surface area contributed by atoms with E-state index in [2.05, 4.69) is 0 Å². The summed E-state index contributed by atoms with van der Waals surface area (Å²) in [5.41, 5.74) is 0. The number of carbonyl (C=O) groups excluding carboxylic acids is 1. The Kier molecular flexibility index (Phi) is 5.34. The van der Waals surface area contributed by atoms with E-state index in [4.69, 9.17) is 13.3 Å². The zero-order valence-electron chi connectivity index (χ0n) is 10.4. The molecule has 1 aromatic rings. The van der Waals surface area contributed by atoms with Crippen molar-refractivity contribution in [2.45, 2.75) is 20.8 Å². The predicted octanol–water partition coefficient (Wildman–Crippen LogP) is 1.47. The van der Waals surface area contributed by atoms with Gasteiger partial charge in [0.05, 0.1) is 0 Å². The monoisotopic (exact) mass is 254 g/mol. The lowest BCUT2D eigenvalue weighted by Crippen LogP contribution is -2.57. The van der Waals surface area contributed by atoms with Crippen LogP contribution in [0.3, 0.4) is 0 Å². The molecule has 1 aromatic carbocycles. The molecule has 94 valence electrons.